The summed E-state index contributed by atoms with van der Waals surface area (Å²) in [5, 5.41) is 11.7. The molecule has 4 nitrogen and oxygen atoms in total. The highest BCUT2D eigenvalue weighted by Gasteiger charge is 2.20. The SMILES string of the molecule is O=C(Cc1ccccc1)N[C@@H](Cc1cccc(F)c1)C(=O)O. The van der Waals surface area contributed by atoms with Gasteiger partial charge in [-0.1, -0.05) is 42.5 Å². The van der Waals surface area contributed by atoms with Crippen molar-refractivity contribution in [1.82, 2.24) is 5.32 Å². The normalized spacial score (nSPS) is 11.7. The molecule has 0 radical (unpaired) electrons. The van der Waals surface area contributed by atoms with E-state index < -0.39 is 17.8 Å². The Kier molecular flexibility index (Phi) is 5.25. The molecule has 0 aliphatic heterocycles. The average Bonchev–Trinajstić information content (AvgIpc) is 2.47. The number of amides is 1. The van der Waals surface area contributed by atoms with E-state index in [1.54, 1.807) is 18.2 Å². The van der Waals surface area contributed by atoms with Crippen molar-refractivity contribution in [3.63, 3.8) is 0 Å². The summed E-state index contributed by atoms with van der Waals surface area (Å²) in [5.74, 6) is -1.96. The van der Waals surface area contributed by atoms with Crippen molar-refractivity contribution in [1.29, 1.82) is 0 Å². The number of hydrogen-bond donors (Lipinski definition) is 2. The summed E-state index contributed by atoms with van der Waals surface area (Å²) in [6.45, 7) is 0. The molecule has 2 N–H and O–H groups in total. The molecule has 0 unspecified atom stereocenters. The minimum Gasteiger partial charge on any atom is -0.480 e. The number of aliphatic carboxylic acids is 1. The number of carbonyl (C=O) groups is 2. The Labute approximate surface area is 127 Å². The lowest BCUT2D eigenvalue weighted by atomic mass is 10.1. The second-order valence-corrected chi connectivity index (χ2v) is 4.95. The number of rotatable bonds is 6. The van der Waals surface area contributed by atoms with Crippen LogP contribution in [0, 0.1) is 5.82 Å². The monoisotopic (exact) mass is 301 g/mol. The third-order valence-electron chi connectivity index (χ3n) is 3.17. The molecule has 0 aliphatic carbocycles. The highest BCUT2D eigenvalue weighted by molar-refractivity contribution is 5.85. The first-order valence-corrected chi connectivity index (χ1v) is 6.85. The maximum atomic E-state index is 13.1. The second kappa shape index (κ2) is 7.36. The zero-order chi connectivity index (χ0) is 15.9. The Bertz CT molecular complexity index is 658. The zero-order valence-corrected chi connectivity index (χ0v) is 11.8. The van der Waals surface area contributed by atoms with E-state index in [0.29, 0.717) is 5.56 Å². The fourth-order valence-corrected chi connectivity index (χ4v) is 2.13. The maximum Gasteiger partial charge on any atom is 0.326 e. The molecule has 1 amide bonds. The van der Waals surface area contributed by atoms with Crippen molar-refractivity contribution in [3.05, 3.63) is 71.5 Å². The van der Waals surface area contributed by atoms with Crippen LogP contribution in [0.4, 0.5) is 4.39 Å². The van der Waals surface area contributed by atoms with Crippen molar-refractivity contribution in [2.45, 2.75) is 18.9 Å². The summed E-state index contributed by atoms with van der Waals surface area (Å²) >= 11 is 0. The van der Waals surface area contributed by atoms with Crippen LogP contribution in [0.5, 0.6) is 0 Å². The van der Waals surface area contributed by atoms with Gasteiger partial charge in [-0.15, -0.1) is 0 Å². The van der Waals surface area contributed by atoms with Crippen LogP contribution in [0.15, 0.2) is 54.6 Å². The molecule has 2 rings (SSSR count). The summed E-state index contributed by atoms with van der Waals surface area (Å²) in [7, 11) is 0. The van der Waals surface area contributed by atoms with E-state index in [2.05, 4.69) is 5.32 Å². The van der Waals surface area contributed by atoms with E-state index in [1.165, 1.54) is 18.2 Å². The van der Waals surface area contributed by atoms with Gasteiger partial charge in [0.15, 0.2) is 0 Å². The quantitative estimate of drug-likeness (QED) is 0.859. The third-order valence-corrected chi connectivity index (χ3v) is 3.17. The molecule has 0 aromatic heterocycles. The van der Waals surface area contributed by atoms with Gasteiger partial charge in [-0.2, -0.15) is 0 Å². The summed E-state index contributed by atoms with van der Waals surface area (Å²) in [6.07, 6.45) is 0.140. The van der Waals surface area contributed by atoms with Gasteiger partial charge in [-0.05, 0) is 23.3 Å². The number of hydrogen-bond acceptors (Lipinski definition) is 2. The van der Waals surface area contributed by atoms with Crippen molar-refractivity contribution in [3.8, 4) is 0 Å². The minimum atomic E-state index is -1.15. The number of carboxylic acid groups (broad SMARTS) is 1. The smallest absolute Gasteiger partial charge is 0.326 e. The molecule has 0 aliphatic rings. The van der Waals surface area contributed by atoms with Gasteiger partial charge >= 0.3 is 5.97 Å². The van der Waals surface area contributed by atoms with Crippen molar-refractivity contribution in [2.24, 2.45) is 0 Å². The first kappa shape index (κ1) is 15.7. The van der Waals surface area contributed by atoms with E-state index in [1.807, 2.05) is 18.2 Å². The van der Waals surface area contributed by atoms with E-state index in [-0.39, 0.29) is 18.7 Å². The second-order valence-electron chi connectivity index (χ2n) is 4.95. The fourth-order valence-electron chi connectivity index (χ4n) is 2.13. The Morgan fingerprint density at radius 1 is 1.05 bits per heavy atom. The summed E-state index contributed by atoms with van der Waals surface area (Å²) in [6, 6.07) is 13.6. The predicted molar refractivity (Wildman–Crippen MR) is 79.8 cm³/mol. The molecular formula is C17H16FNO3. The van der Waals surface area contributed by atoms with E-state index in [0.717, 1.165) is 5.56 Å². The average molecular weight is 301 g/mol. The van der Waals surface area contributed by atoms with Gasteiger partial charge in [0.2, 0.25) is 5.91 Å². The number of carbonyl (C=O) groups excluding carboxylic acids is 1. The number of halogens is 1. The first-order valence-electron chi connectivity index (χ1n) is 6.85. The standard InChI is InChI=1S/C17H16FNO3/c18-14-8-4-7-13(9-14)10-15(17(21)22)19-16(20)11-12-5-2-1-3-6-12/h1-9,15H,10-11H2,(H,19,20)(H,21,22)/t15-/m0/s1. The molecule has 0 spiro atoms. The Hall–Kier alpha value is -2.69. The largest absolute Gasteiger partial charge is 0.480 e. The molecule has 5 heteroatoms. The molecule has 22 heavy (non-hydrogen) atoms. The zero-order valence-electron chi connectivity index (χ0n) is 11.8. The van der Waals surface area contributed by atoms with Crippen LogP contribution in [0.25, 0.3) is 0 Å². The van der Waals surface area contributed by atoms with E-state index in [9.17, 15) is 19.1 Å². The van der Waals surface area contributed by atoms with Crippen molar-refractivity contribution >= 4 is 11.9 Å². The van der Waals surface area contributed by atoms with Crippen molar-refractivity contribution in [2.75, 3.05) is 0 Å². The van der Waals surface area contributed by atoms with Crippen LogP contribution in [-0.2, 0) is 22.4 Å². The highest BCUT2D eigenvalue weighted by atomic mass is 19.1. The Morgan fingerprint density at radius 2 is 1.73 bits per heavy atom. The molecular weight excluding hydrogens is 285 g/mol. The molecule has 1 atom stereocenters. The van der Waals surface area contributed by atoms with E-state index in [4.69, 9.17) is 0 Å². The van der Waals surface area contributed by atoms with E-state index >= 15 is 0 Å². The van der Waals surface area contributed by atoms with Gasteiger partial charge in [-0.3, -0.25) is 4.79 Å². The molecule has 2 aromatic rings. The van der Waals surface area contributed by atoms with Crippen molar-refractivity contribution < 1.29 is 19.1 Å². The lowest BCUT2D eigenvalue weighted by molar-refractivity contribution is -0.141. The van der Waals surface area contributed by atoms with Crippen LogP contribution < -0.4 is 5.32 Å². The van der Waals surface area contributed by atoms with Crippen LogP contribution in [-0.4, -0.2) is 23.0 Å². The van der Waals surface area contributed by atoms with Crippen LogP contribution in [0.1, 0.15) is 11.1 Å². The van der Waals surface area contributed by atoms with Gasteiger partial charge in [0.25, 0.3) is 0 Å². The first-order chi connectivity index (χ1) is 10.5. The van der Waals surface area contributed by atoms with Gasteiger partial charge in [0.05, 0.1) is 6.42 Å². The van der Waals surface area contributed by atoms with Gasteiger partial charge in [0, 0.05) is 6.42 Å². The van der Waals surface area contributed by atoms with Gasteiger partial charge in [-0.25, -0.2) is 9.18 Å². The van der Waals surface area contributed by atoms with Gasteiger partial charge in [0.1, 0.15) is 11.9 Å². The van der Waals surface area contributed by atoms with Crippen LogP contribution in [0.2, 0.25) is 0 Å². The number of nitrogens with one attached hydrogen (secondary N) is 1. The molecule has 0 fully saturated rings. The topological polar surface area (TPSA) is 66.4 Å². The maximum absolute atomic E-state index is 13.1. The summed E-state index contributed by atoms with van der Waals surface area (Å²) < 4.78 is 13.1. The molecule has 0 heterocycles. The number of benzene rings is 2. The third kappa shape index (κ3) is 4.70. The summed E-state index contributed by atoms with van der Waals surface area (Å²) in [4.78, 5) is 23.2. The Balaban J connectivity index is 1.99. The fraction of sp³-hybridized carbons (Fsp3) is 0.176. The highest BCUT2D eigenvalue weighted by Crippen LogP contribution is 2.07. The van der Waals surface area contributed by atoms with Gasteiger partial charge < -0.3 is 10.4 Å². The van der Waals surface area contributed by atoms with Crippen LogP contribution in [0.3, 0.4) is 0 Å². The van der Waals surface area contributed by atoms with Crippen LogP contribution >= 0.6 is 0 Å². The minimum absolute atomic E-state index is 0.0353. The lowest BCUT2D eigenvalue weighted by Gasteiger charge is -2.14. The number of carboxylic acids is 1. The molecule has 2 aromatic carbocycles. The lowest BCUT2D eigenvalue weighted by Crippen LogP contribution is -2.43. The Morgan fingerprint density at radius 3 is 2.36 bits per heavy atom. The summed E-state index contributed by atoms with van der Waals surface area (Å²) in [5.41, 5.74) is 1.32. The molecule has 114 valence electrons. The molecule has 0 saturated heterocycles. The molecule has 0 bridgehead atoms. The molecule has 0 saturated carbocycles. The predicted octanol–water partition coefficient (Wildman–Crippen LogP) is 2.18.